The maximum Gasteiger partial charge on any atom is 0.306 e. The molecule has 0 aliphatic heterocycles. The molecule has 0 fully saturated rings. The summed E-state index contributed by atoms with van der Waals surface area (Å²) in [6.07, 6.45) is 10.5. The van der Waals surface area contributed by atoms with Gasteiger partial charge in [0.05, 0.1) is 5.92 Å². The highest BCUT2D eigenvalue weighted by molar-refractivity contribution is 5.69. The van der Waals surface area contributed by atoms with Crippen molar-refractivity contribution in [2.24, 2.45) is 11.1 Å². The number of carboxylic acids is 1. The van der Waals surface area contributed by atoms with Crippen molar-refractivity contribution in [2.75, 3.05) is 6.54 Å². The molecule has 0 spiro atoms. The number of nitrogens with zero attached hydrogens (tertiary/aromatic N) is 1. The van der Waals surface area contributed by atoms with Gasteiger partial charge in [0.1, 0.15) is 0 Å². The zero-order valence-electron chi connectivity index (χ0n) is 12.7. The minimum Gasteiger partial charge on any atom is -0.481 e. The van der Waals surface area contributed by atoms with Crippen LogP contribution in [0.25, 0.3) is 0 Å². The Kier molecular flexibility index (Phi) is 13.4. The Labute approximate surface area is 122 Å². The molecular formula is C14H30N4O2. The summed E-state index contributed by atoms with van der Waals surface area (Å²) in [5.41, 5.74) is 11.7. The van der Waals surface area contributed by atoms with Crippen LogP contribution in [0.3, 0.4) is 0 Å². The number of unbranched alkanes of at least 4 members (excludes halogenated alkanes) is 6. The topological polar surface area (TPSA) is 97.6 Å². The summed E-state index contributed by atoms with van der Waals surface area (Å²) >= 11 is 0. The Morgan fingerprint density at radius 3 is 2.30 bits per heavy atom. The molecule has 118 valence electrons. The molecule has 0 saturated carbocycles. The first-order valence-corrected chi connectivity index (χ1v) is 7.79. The number of rotatable bonds is 15. The summed E-state index contributed by atoms with van der Waals surface area (Å²) in [7, 11) is 0. The summed E-state index contributed by atoms with van der Waals surface area (Å²) in [5, 5.41) is 12.1. The Morgan fingerprint density at radius 1 is 1.10 bits per heavy atom. The van der Waals surface area contributed by atoms with E-state index in [4.69, 9.17) is 10.6 Å². The Balaban J connectivity index is 3.36. The van der Waals surface area contributed by atoms with E-state index in [0.717, 1.165) is 57.9 Å². The number of carbonyl (C=O) groups is 1. The molecule has 0 heterocycles. The highest BCUT2D eigenvalue weighted by Gasteiger charge is 2.15. The molecule has 0 saturated heterocycles. The summed E-state index contributed by atoms with van der Waals surface area (Å²) < 4.78 is 0. The number of nitrogens with one attached hydrogen (secondary N) is 3. The number of hydrazine groups is 1. The fourth-order valence-corrected chi connectivity index (χ4v) is 2.25. The maximum absolute atomic E-state index is 11.1. The molecule has 0 amide bonds. The fraction of sp³-hybridized carbons (Fsp3) is 0.929. The van der Waals surface area contributed by atoms with Crippen LogP contribution in [-0.4, -0.2) is 17.6 Å². The molecule has 0 radical (unpaired) electrons. The summed E-state index contributed by atoms with van der Waals surface area (Å²) in [6, 6.07) is 0. The molecule has 0 aromatic carbocycles. The average Bonchev–Trinajstić information content (AvgIpc) is 2.43. The lowest BCUT2D eigenvalue weighted by Gasteiger charge is -2.11. The number of carboxylic acid groups (broad SMARTS) is 1. The van der Waals surface area contributed by atoms with Gasteiger partial charge in [0.2, 0.25) is 0 Å². The second-order valence-corrected chi connectivity index (χ2v) is 5.24. The van der Waals surface area contributed by atoms with Crippen molar-refractivity contribution in [3.05, 3.63) is 0 Å². The molecule has 0 aromatic heterocycles. The molecule has 1 atom stereocenters. The van der Waals surface area contributed by atoms with Crippen molar-refractivity contribution in [1.29, 1.82) is 5.53 Å². The van der Waals surface area contributed by atoms with Gasteiger partial charge in [-0.25, -0.2) is 11.0 Å². The van der Waals surface area contributed by atoms with E-state index in [1.807, 2.05) is 0 Å². The van der Waals surface area contributed by atoms with E-state index in [9.17, 15) is 4.79 Å². The Hall–Kier alpha value is -1.17. The van der Waals surface area contributed by atoms with E-state index in [2.05, 4.69) is 23.1 Å². The zero-order valence-corrected chi connectivity index (χ0v) is 12.7. The van der Waals surface area contributed by atoms with Crippen molar-refractivity contribution in [3.63, 3.8) is 0 Å². The SMILES string of the molecule is CCCCC(CCCCCCCCNNN=N)C(=O)O. The molecule has 0 bridgehead atoms. The first-order chi connectivity index (χ1) is 9.72. The van der Waals surface area contributed by atoms with E-state index in [0.29, 0.717) is 0 Å². The third-order valence-corrected chi connectivity index (χ3v) is 3.49. The average molecular weight is 286 g/mol. The normalized spacial score (nSPS) is 12.1. The van der Waals surface area contributed by atoms with Crippen molar-refractivity contribution < 1.29 is 9.90 Å². The van der Waals surface area contributed by atoms with Gasteiger partial charge in [0, 0.05) is 6.54 Å². The molecule has 0 rings (SSSR count). The summed E-state index contributed by atoms with van der Waals surface area (Å²) in [6.45, 7) is 2.92. The van der Waals surface area contributed by atoms with Crippen LogP contribution in [0.2, 0.25) is 0 Å². The van der Waals surface area contributed by atoms with E-state index in [-0.39, 0.29) is 5.92 Å². The maximum atomic E-state index is 11.1. The van der Waals surface area contributed by atoms with Gasteiger partial charge in [0.15, 0.2) is 0 Å². The molecule has 0 aliphatic carbocycles. The van der Waals surface area contributed by atoms with Crippen LogP contribution >= 0.6 is 0 Å². The van der Waals surface area contributed by atoms with Crippen LogP contribution in [0, 0.1) is 11.4 Å². The lowest BCUT2D eigenvalue weighted by Crippen LogP contribution is -2.26. The highest BCUT2D eigenvalue weighted by Crippen LogP contribution is 2.17. The fourth-order valence-electron chi connectivity index (χ4n) is 2.25. The lowest BCUT2D eigenvalue weighted by molar-refractivity contribution is -0.142. The lowest BCUT2D eigenvalue weighted by atomic mass is 9.95. The van der Waals surface area contributed by atoms with Crippen LogP contribution in [0.5, 0.6) is 0 Å². The van der Waals surface area contributed by atoms with E-state index < -0.39 is 5.97 Å². The molecule has 0 aliphatic rings. The molecule has 6 nitrogen and oxygen atoms in total. The van der Waals surface area contributed by atoms with Crippen molar-refractivity contribution in [2.45, 2.75) is 71.1 Å². The number of hydrogen-bond donors (Lipinski definition) is 4. The van der Waals surface area contributed by atoms with E-state index >= 15 is 0 Å². The number of hydrogen-bond acceptors (Lipinski definition) is 4. The third kappa shape index (κ3) is 11.9. The zero-order chi connectivity index (χ0) is 15.1. The standard InChI is InChI=1S/C14H30N4O2/c1-2-3-10-13(14(19)20)11-8-6-4-5-7-9-12-16-18-17-15/h13H,2-12H2,1H3,(H2,15,18)(H,16,17)(H,19,20). The molecule has 20 heavy (non-hydrogen) atoms. The van der Waals surface area contributed by atoms with Crippen molar-refractivity contribution in [3.8, 4) is 0 Å². The van der Waals surface area contributed by atoms with E-state index in [1.165, 1.54) is 12.8 Å². The molecule has 0 aromatic rings. The van der Waals surface area contributed by atoms with E-state index in [1.54, 1.807) is 0 Å². The summed E-state index contributed by atoms with van der Waals surface area (Å²) in [4.78, 5) is 11.1. The van der Waals surface area contributed by atoms with Crippen LogP contribution < -0.4 is 11.0 Å². The van der Waals surface area contributed by atoms with Gasteiger partial charge in [-0.3, -0.25) is 4.79 Å². The molecule has 6 heteroatoms. The quantitative estimate of drug-likeness (QED) is 0.210. The van der Waals surface area contributed by atoms with Gasteiger partial charge in [0.25, 0.3) is 0 Å². The van der Waals surface area contributed by atoms with Gasteiger partial charge >= 0.3 is 5.97 Å². The number of aliphatic carboxylic acids is 1. The van der Waals surface area contributed by atoms with Crippen LogP contribution in [0.1, 0.15) is 71.1 Å². The predicted octanol–water partition coefficient (Wildman–Crippen LogP) is 3.65. The highest BCUT2D eigenvalue weighted by atomic mass is 16.4. The minimum atomic E-state index is -0.628. The second kappa shape index (κ2) is 14.2. The first-order valence-electron chi connectivity index (χ1n) is 7.79. The minimum absolute atomic E-state index is 0.140. The van der Waals surface area contributed by atoms with Crippen LogP contribution in [-0.2, 0) is 4.79 Å². The smallest absolute Gasteiger partial charge is 0.306 e. The van der Waals surface area contributed by atoms with Gasteiger partial charge in [-0.15, -0.1) is 0 Å². The monoisotopic (exact) mass is 286 g/mol. The molecular weight excluding hydrogens is 256 g/mol. The van der Waals surface area contributed by atoms with Gasteiger partial charge in [-0.05, 0) is 19.3 Å². The Morgan fingerprint density at radius 2 is 1.70 bits per heavy atom. The van der Waals surface area contributed by atoms with Gasteiger partial charge in [-0.2, -0.15) is 5.53 Å². The van der Waals surface area contributed by atoms with Gasteiger partial charge in [-0.1, -0.05) is 57.1 Å². The summed E-state index contributed by atoms with van der Waals surface area (Å²) in [5.74, 6) is -0.768. The predicted molar refractivity (Wildman–Crippen MR) is 79.3 cm³/mol. The van der Waals surface area contributed by atoms with Crippen LogP contribution in [0.4, 0.5) is 0 Å². The van der Waals surface area contributed by atoms with Crippen LogP contribution in [0.15, 0.2) is 5.22 Å². The molecule has 1 unspecified atom stereocenters. The molecule has 4 N–H and O–H groups in total. The second-order valence-electron chi connectivity index (χ2n) is 5.24. The third-order valence-electron chi connectivity index (χ3n) is 3.49. The van der Waals surface area contributed by atoms with Crippen molar-refractivity contribution in [1.82, 2.24) is 11.0 Å². The van der Waals surface area contributed by atoms with Crippen molar-refractivity contribution >= 4 is 5.97 Å². The first kappa shape index (κ1) is 18.8. The Bertz CT molecular complexity index is 249. The largest absolute Gasteiger partial charge is 0.481 e. The van der Waals surface area contributed by atoms with Gasteiger partial charge < -0.3 is 5.11 Å².